The quantitative estimate of drug-likeness (QED) is 0.651. The summed E-state index contributed by atoms with van der Waals surface area (Å²) in [6.07, 6.45) is 3.50. The topological polar surface area (TPSA) is 115 Å². The lowest BCUT2D eigenvalue weighted by Gasteiger charge is -2.22. The highest BCUT2D eigenvalue weighted by Gasteiger charge is 2.19. The van der Waals surface area contributed by atoms with E-state index in [-0.39, 0.29) is 17.4 Å². The van der Waals surface area contributed by atoms with Crippen LogP contribution >= 0.6 is 0 Å². The van der Waals surface area contributed by atoms with Gasteiger partial charge in [-0.05, 0) is 38.4 Å². The summed E-state index contributed by atoms with van der Waals surface area (Å²) in [6, 6.07) is 4.57. The maximum atomic E-state index is 12.3. The van der Waals surface area contributed by atoms with E-state index in [1.54, 1.807) is 23.9 Å². The van der Waals surface area contributed by atoms with Gasteiger partial charge >= 0.3 is 0 Å². The number of nitro groups is 1. The third-order valence-electron chi connectivity index (χ3n) is 4.11. The van der Waals surface area contributed by atoms with Gasteiger partial charge < -0.3 is 10.6 Å². The van der Waals surface area contributed by atoms with Crippen LogP contribution in [0.1, 0.15) is 34.9 Å². The first kappa shape index (κ1) is 16.1. The molecule has 0 atom stereocenters. The van der Waals surface area contributed by atoms with E-state index in [9.17, 15) is 14.9 Å². The van der Waals surface area contributed by atoms with Gasteiger partial charge in [0.2, 0.25) is 0 Å². The van der Waals surface area contributed by atoms with Gasteiger partial charge in [0.1, 0.15) is 0 Å². The molecular formula is C15H18N6O3. The molecule has 2 aromatic rings. The first-order chi connectivity index (χ1) is 11.5. The Bertz CT molecular complexity index is 766. The predicted octanol–water partition coefficient (Wildman–Crippen LogP) is 1.67. The zero-order valence-electron chi connectivity index (χ0n) is 13.2. The summed E-state index contributed by atoms with van der Waals surface area (Å²) in [5.74, 6) is -0.432. The van der Waals surface area contributed by atoms with E-state index in [0.717, 1.165) is 31.5 Å². The number of anilines is 1. The molecule has 9 heteroatoms. The minimum absolute atomic E-state index is 0.0748. The molecule has 1 aromatic heterocycles. The minimum atomic E-state index is -0.498. The van der Waals surface area contributed by atoms with Crippen LogP contribution in [-0.4, -0.2) is 38.9 Å². The van der Waals surface area contributed by atoms with Crippen LogP contribution < -0.4 is 10.6 Å². The number of rotatable bonds is 4. The highest BCUT2D eigenvalue weighted by molar-refractivity contribution is 6.03. The third kappa shape index (κ3) is 3.40. The molecule has 1 fully saturated rings. The van der Waals surface area contributed by atoms with Gasteiger partial charge in [-0.25, -0.2) is 4.68 Å². The Kier molecular flexibility index (Phi) is 4.52. The Hall–Kier alpha value is -2.81. The smallest absolute Gasteiger partial charge is 0.277 e. The number of nitrogens with one attached hydrogen (secondary N) is 2. The maximum absolute atomic E-state index is 12.3. The Morgan fingerprint density at radius 1 is 1.42 bits per heavy atom. The zero-order chi connectivity index (χ0) is 17.1. The molecule has 126 valence electrons. The van der Waals surface area contributed by atoms with Gasteiger partial charge in [-0.15, -0.1) is 5.10 Å². The fraction of sp³-hybridized carbons (Fsp3) is 0.400. The minimum Gasteiger partial charge on any atom is -0.320 e. The van der Waals surface area contributed by atoms with Crippen LogP contribution in [0.5, 0.6) is 0 Å². The molecule has 24 heavy (non-hydrogen) atoms. The van der Waals surface area contributed by atoms with E-state index in [4.69, 9.17) is 0 Å². The summed E-state index contributed by atoms with van der Waals surface area (Å²) in [5, 5.41) is 24.8. The van der Waals surface area contributed by atoms with Gasteiger partial charge in [-0.3, -0.25) is 14.9 Å². The van der Waals surface area contributed by atoms with Crippen LogP contribution in [-0.2, 0) is 0 Å². The largest absolute Gasteiger partial charge is 0.320 e. The number of benzene rings is 1. The second-order valence-corrected chi connectivity index (χ2v) is 5.78. The van der Waals surface area contributed by atoms with Crippen LogP contribution in [0, 0.1) is 17.0 Å². The molecule has 1 amide bonds. The Morgan fingerprint density at radius 2 is 2.17 bits per heavy atom. The van der Waals surface area contributed by atoms with Crippen LogP contribution in [0.25, 0.3) is 0 Å². The molecule has 1 aliphatic rings. The van der Waals surface area contributed by atoms with Crippen molar-refractivity contribution in [2.24, 2.45) is 0 Å². The summed E-state index contributed by atoms with van der Waals surface area (Å²) in [5.41, 5.74) is 1.25. The van der Waals surface area contributed by atoms with Crippen molar-refractivity contribution in [2.75, 3.05) is 18.4 Å². The molecule has 0 saturated carbocycles. The molecule has 1 aromatic carbocycles. The molecule has 9 nitrogen and oxygen atoms in total. The number of hydrogen-bond donors (Lipinski definition) is 2. The number of amides is 1. The average Bonchev–Trinajstić information content (AvgIpc) is 3.07. The SMILES string of the molecule is Cc1ccc([N+](=O)[O-])cc1NC(=O)c1cn(C2CCNCC2)nn1. The molecule has 2 heterocycles. The standard InChI is InChI=1S/C15H18N6O3/c1-10-2-3-12(21(23)24)8-13(10)17-15(22)14-9-20(19-18-14)11-4-6-16-7-5-11/h2-3,8-9,11,16H,4-7H2,1H3,(H,17,22). The first-order valence-electron chi connectivity index (χ1n) is 7.73. The number of aromatic nitrogens is 3. The van der Waals surface area contributed by atoms with Gasteiger partial charge in [-0.1, -0.05) is 11.3 Å². The fourth-order valence-electron chi connectivity index (χ4n) is 2.68. The number of carbonyl (C=O) groups excluding carboxylic acids is 1. The second-order valence-electron chi connectivity index (χ2n) is 5.78. The summed E-state index contributed by atoms with van der Waals surface area (Å²) in [6.45, 7) is 3.60. The Balaban J connectivity index is 1.74. The normalized spacial score (nSPS) is 15.2. The van der Waals surface area contributed by atoms with E-state index in [1.165, 1.54) is 12.1 Å². The van der Waals surface area contributed by atoms with E-state index in [2.05, 4.69) is 20.9 Å². The first-order valence-corrected chi connectivity index (χ1v) is 7.73. The van der Waals surface area contributed by atoms with Gasteiger partial charge in [0.15, 0.2) is 5.69 Å². The summed E-state index contributed by atoms with van der Waals surface area (Å²) in [7, 11) is 0. The van der Waals surface area contributed by atoms with E-state index in [1.807, 2.05) is 0 Å². The highest BCUT2D eigenvalue weighted by atomic mass is 16.6. The lowest BCUT2D eigenvalue weighted by molar-refractivity contribution is -0.384. The van der Waals surface area contributed by atoms with Crippen LogP contribution in [0.2, 0.25) is 0 Å². The van der Waals surface area contributed by atoms with Crippen molar-refractivity contribution in [1.82, 2.24) is 20.3 Å². The second kappa shape index (κ2) is 6.75. The summed E-state index contributed by atoms with van der Waals surface area (Å²) >= 11 is 0. The molecule has 2 N–H and O–H groups in total. The molecule has 0 unspecified atom stereocenters. The lowest BCUT2D eigenvalue weighted by atomic mass is 10.1. The van der Waals surface area contributed by atoms with Gasteiger partial charge in [-0.2, -0.15) is 0 Å². The Labute approximate surface area is 138 Å². The number of carbonyl (C=O) groups is 1. The summed E-state index contributed by atoms with van der Waals surface area (Å²) in [4.78, 5) is 22.7. The van der Waals surface area contributed by atoms with Crippen molar-refractivity contribution in [3.63, 3.8) is 0 Å². The molecule has 0 bridgehead atoms. The zero-order valence-corrected chi connectivity index (χ0v) is 13.2. The number of aryl methyl sites for hydroxylation is 1. The molecule has 0 radical (unpaired) electrons. The maximum Gasteiger partial charge on any atom is 0.277 e. The average molecular weight is 330 g/mol. The van der Waals surface area contributed by atoms with E-state index in [0.29, 0.717) is 5.69 Å². The van der Waals surface area contributed by atoms with Crippen molar-refractivity contribution < 1.29 is 9.72 Å². The number of hydrogen-bond acceptors (Lipinski definition) is 6. The lowest BCUT2D eigenvalue weighted by Crippen LogP contribution is -2.29. The van der Waals surface area contributed by atoms with Crippen LogP contribution in [0.15, 0.2) is 24.4 Å². The molecule has 0 spiro atoms. The number of nitrogens with zero attached hydrogens (tertiary/aromatic N) is 4. The molecule has 1 aliphatic heterocycles. The summed E-state index contributed by atoms with van der Waals surface area (Å²) < 4.78 is 1.72. The molecule has 3 rings (SSSR count). The third-order valence-corrected chi connectivity index (χ3v) is 4.11. The number of nitro benzene ring substituents is 1. The van der Waals surface area contributed by atoms with Crippen LogP contribution in [0.3, 0.4) is 0 Å². The van der Waals surface area contributed by atoms with Crippen molar-refractivity contribution in [3.8, 4) is 0 Å². The van der Waals surface area contributed by atoms with E-state index >= 15 is 0 Å². The highest BCUT2D eigenvalue weighted by Crippen LogP contribution is 2.22. The molecular weight excluding hydrogens is 312 g/mol. The van der Waals surface area contributed by atoms with Crippen molar-refractivity contribution in [2.45, 2.75) is 25.8 Å². The predicted molar refractivity (Wildman–Crippen MR) is 86.9 cm³/mol. The van der Waals surface area contributed by atoms with Crippen LogP contribution in [0.4, 0.5) is 11.4 Å². The van der Waals surface area contributed by atoms with Gasteiger partial charge in [0, 0.05) is 12.1 Å². The monoisotopic (exact) mass is 330 g/mol. The van der Waals surface area contributed by atoms with Crippen molar-refractivity contribution in [1.29, 1.82) is 0 Å². The number of piperidine rings is 1. The van der Waals surface area contributed by atoms with E-state index < -0.39 is 10.8 Å². The fourth-order valence-corrected chi connectivity index (χ4v) is 2.68. The van der Waals surface area contributed by atoms with Gasteiger partial charge in [0.25, 0.3) is 11.6 Å². The molecule has 0 aliphatic carbocycles. The molecule has 1 saturated heterocycles. The van der Waals surface area contributed by atoms with Crippen molar-refractivity contribution in [3.05, 3.63) is 45.8 Å². The van der Waals surface area contributed by atoms with Crippen molar-refractivity contribution >= 4 is 17.3 Å². The number of non-ortho nitro benzene ring substituents is 1. The van der Waals surface area contributed by atoms with Gasteiger partial charge in [0.05, 0.1) is 22.8 Å². The Morgan fingerprint density at radius 3 is 2.88 bits per heavy atom.